The topological polar surface area (TPSA) is 105 Å². The molecule has 0 saturated carbocycles. The Morgan fingerprint density at radius 3 is 2.07 bits per heavy atom. The number of hydrogen-bond acceptors (Lipinski definition) is 9. The van der Waals surface area contributed by atoms with Gasteiger partial charge in [0.05, 0.1) is 36.9 Å². The van der Waals surface area contributed by atoms with E-state index in [1.54, 1.807) is 44.8 Å². The molecule has 0 radical (unpaired) electrons. The molecule has 0 aliphatic rings. The summed E-state index contributed by atoms with van der Waals surface area (Å²) in [5.74, 6) is 2.57. The molecule has 0 saturated heterocycles. The van der Waals surface area contributed by atoms with E-state index >= 15 is 0 Å². The number of methoxy groups -OCH3 is 3. The summed E-state index contributed by atoms with van der Waals surface area (Å²) >= 11 is 1.56. The molecule has 0 fully saturated rings. The number of nitrogens with two attached hydrogens (primary N) is 1. The summed E-state index contributed by atoms with van der Waals surface area (Å²) in [6, 6.07) is 3.55. The number of thiazole rings is 1. The number of nitrogen functional groups attached to an aromatic ring is 1. The number of aryl methyl sites for hydroxylation is 2. The van der Waals surface area contributed by atoms with Gasteiger partial charge in [0.25, 0.3) is 0 Å². The number of ether oxygens (including phenoxy) is 3. The highest BCUT2D eigenvalue weighted by atomic mass is 32.1. The van der Waals surface area contributed by atoms with Crippen molar-refractivity contribution in [2.45, 2.75) is 20.3 Å². The molecule has 2 heterocycles. The second-order valence-electron chi connectivity index (χ2n) is 5.63. The summed E-state index contributed by atoms with van der Waals surface area (Å²) in [5, 5.41) is 1.02. The van der Waals surface area contributed by atoms with E-state index in [1.165, 1.54) is 0 Å². The Bertz CT molecular complexity index is 949. The molecule has 2 aromatic heterocycles. The van der Waals surface area contributed by atoms with Crippen molar-refractivity contribution >= 4 is 17.3 Å². The fourth-order valence-electron chi connectivity index (χ4n) is 2.64. The Hall–Kier alpha value is -2.94. The van der Waals surface area contributed by atoms with E-state index in [0.717, 1.165) is 22.0 Å². The molecule has 0 aliphatic heterocycles. The van der Waals surface area contributed by atoms with Crippen LogP contribution in [-0.4, -0.2) is 41.3 Å². The van der Waals surface area contributed by atoms with E-state index in [1.807, 2.05) is 6.92 Å². The van der Waals surface area contributed by atoms with Crippen molar-refractivity contribution in [1.82, 2.24) is 19.9 Å². The van der Waals surface area contributed by atoms with Gasteiger partial charge in [0.1, 0.15) is 0 Å². The minimum atomic E-state index is 0.134. The molecular weight excluding hydrogens is 366 g/mol. The van der Waals surface area contributed by atoms with Gasteiger partial charge in [-0.25, -0.2) is 9.97 Å². The molecule has 27 heavy (non-hydrogen) atoms. The van der Waals surface area contributed by atoms with Crippen molar-refractivity contribution in [1.29, 1.82) is 0 Å². The Morgan fingerprint density at radius 2 is 1.56 bits per heavy atom. The third kappa shape index (κ3) is 3.63. The summed E-state index contributed by atoms with van der Waals surface area (Å²) in [6.45, 7) is 4.00. The Kier molecular flexibility index (Phi) is 5.41. The first-order valence-electron chi connectivity index (χ1n) is 8.29. The van der Waals surface area contributed by atoms with Crippen LogP contribution in [0.25, 0.3) is 22.1 Å². The zero-order valence-corrected chi connectivity index (χ0v) is 16.7. The number of rotatable bonds is 6. The lowest BCUT2D eigenvalue weighted by atomic mass is 10.1. The highest BCUT2D eigenvalue weighted by Gasteiger charge is 2.18. The quantitative estimate of drug-likeness (QED) is 0.688. The first-order valence-corrected chi connectivity index (χ1v) is 9.10. The van der Waals surface area contributed by atoms with Gasteiger partial charge >= 0.3 is 0 Å². The predicted molar refractivity (Wildman–Crippen MR) is 105 cm³/mol. The minimum absolute atomic E-state index is 0.134. The summed E-state index contributed by atoms with van der Waals surface area (Å²) in [6.07, 6.45) is 0.853. The Balaban J connectivity index is 2.15. The monoisotopic (exact) mass is 387 g/mol. The van der Waals surface area contributed by atoms with Gasteiger partial charge in [-0.3, -0.25) is 0 Å². The number of aromatic nitrogens is 4. The second kappa shape index (κ2) is 7.75. The smallest absolute Gasteiger partial charge is 0.224 e. The van der Waals surface area contributed by atoms with E-state index in [0.29, 0.717) is 34.5 Å². The molecule has 0 unspecified atom stereocenters. The van der Waals surface area contributed by atoms with Crippen LogP contribution in [0.3, 0.4) is 0 Å². The molecule has 0 aliphatic carbocycles. The fraction of sp³-hybridized carbons (Fsp3) is 0.333. The highest BCUT2D eigenvalue weighted by molar-refractivity contribution is 7.15. The number of anilines is 1. The van der Waals surface area contributed by atoms with Crippen molar-refractivity contribution in [3.8, 4) is 39.3 Å². The molecule has 0 amide bonds. The van der Waals surface area contributed by atoms with E-state index in [9.17, 15) is 0 Å². The average Bonchev–Trinajstić information content (AvgIpc) is 3.07. The van der Waals surface area contributed by atoms with Crippen molar-refractivity contribution in [2.24, 2.45) is 0 Å². The SMILES string of the molecule is CCc1nc(C)c(-c2nc(N)nc(-c3cc(OC)c(OC)c(OC)c3)n2)s1. The van der Waals surface area contributed by atoms with Crippen LogP contribution in [0.15, 0.2) is 12.1 Å². The largest absolute Gasteiger partial charge is 0.493 e. The van der Waals surface area contributed by atoms with Gasteiger partial charge in [0, 0.05) is 5.56 Å². The Morgan fingerprint density at radius 1 is 0.926 bits per heavy atom. The van der Waals surface area contributed by atoms with Crippen molar-refractivity contribution in [3.05, 3.63) is 22.8 Å². The molecule has 9 heteroatoms. The summed E-state index contributed by atoms with van der Waals surface area (Å²) in [4.78, 5) is 18.6. The molecule has 0 spiro atoms. The van der Waals surface area contributed by atoms with Gasteiger partial charge < -0.3 is 19.9 Å². The number of nitrogens with zero attached hydrogens (tertiary/aromatic N) is 4. The van der Waals surface area contributed by atoms with Gasteiger partial charge in [0.15, 0.2) is 23.1 Å². The van der Waals surface area contributed by atoms with Gasteiger partial charge in [-0.05, 0) is 25.5 Å². The zero-order valence-electron chi connectivity index (χ0n) is 15.9. The van der Waals surface area contributed by atoms with Crippen molar-refractivity contribution < 1.29 is 14.2 Å². The van der Waals surface area contributed by atoms with Crippen molar-refractivity contribution in [2.75, 3.05) is 27.1 Å². The summed E-state index contributed by atoms with van der Waals surface area (Å²) in [5.41, 5.74) is 7.51. The molecule has 0 bridgehead atoms. The van der Waals surface area contributed by atoms with E-state index in [-0.39, 0.29) is 5.95 Å². The molecule has 142 valence electrons. The maximum Gasteiger partial charge on any atom is 0.224 e. The predicted octanol–water partition coefficient (Wildman–Crippen LogP) is 3.14. The van der Waals surface area contributed by atoms with Gasteiger partial charge in [-0.1, -0.05) is 6.92 Å². The maximum absolute atomic E-state index is 5.96. The normalized spacial score (nSPS) is 10.7. The average molecular weight is 387 g/mol. The third-order valence-electron chi connectivity index (χ3n) is 3.92. The molecule has 3 rings (SSSR count). The molecular formula is C18H21N5O3S. The summed E-state index contributed by atoms with van der Waals surface area (Å²) < 4.78 is 16.2. The van der Waals surface area contributed by atoms with Crippen LogP contribution in [0.4, 0.5) is 5.95 Å². The van der Waals surface area contributed by atoms with Crippen LogP contribution in [0, 0.1) is 6.92 Å². The molecule has 2 N–H and O–H groups in total. The van der Waals surface area contributed by atoms with Crippen LogP contribution >= 0.6 is 11.3 Å². The molecule has 0 atom stereocenters. The van der Waals surface area contributed by atoms with Crippen molar-refractivity contribution in [3.63, 3.8) is 0 Å². The van der Waals surface area contributed by atoms with Crippen LogP contribution < -0.4 is 19.9 Å². The first-order chi connectivity index (χ1) is 13.0. The molecule has 1 aromatic carbocycles. The second-order valence-corrected chi connectivity index (χ2v) is 6.71. The van der Waals surface area contributed by atoms with Crippen LogP contribution in [0.1, 0.15) is 17.6 Å². The standard InChI is InChI=1S/C18H21N5O3S/c1-6-13-20-9(2)15(27-13)17-21-16(22-18(19)23-17)10-7-11(24-3)14(26-5)12(8-10)25-4/h7-8H,6H2,1-5H3,(H2,19,21,22,23). The summed E-state index contributed by atoms with van der Waals surface area (Å²) in [7, 11) is 4.67. The number of hydrogen-bond donors (Lipinski definition) is 1. The van der Waals surface area contributed by atoms with Gasteiger partial charge in [-0.2, -0.15) is 9.97 Å². The van der Waals surface area contributed by atoms with E-state index in [4.69, 9.17) is 19.9 Å². The lowest BCUT2D eigenvalue weighted by Gasteiger charge is -2.14. The van der Waals surface area contributed by atoms with Gasteiger partial charge in [-0.15, -0.1) is 11.3 Å². The zero-order chi connectivity index (χ0) is 19.6. The minimum Gasteiger partial charge on any atom is -0.493 e. The van der Waals surface area contributed by atoms with Crippen LogP contribution in [0.2, 0.25) is 0 Å². The van der Waals surface area contributed by atoms with Crippen LogP contribution in [-0.2, 0) is 6.42 Å². The third-order valence-corrected chi connectivity index (χ3v) is 5.22. The first kappa shape index (κ1) is 18.8. The fourth-order valence-corrected chi connectivity index (χ4v) is 3.58. The lowest BCUT2D eigenvalue weighted by Crippen LogP contribution is -2.03. The lowest BCUT2D eigenvalue weighted by molar-refractivity contribution is 0.324. The van der Waals surface area contributed by atoms with E-state index in [2.05, 4.69) is 26.9 Å². The van der Waals surface area contributed by atoms with E-state index < -0.39 is 0 Å². The van der Waals surface area contributed by atoms with Crippen LogP contribution in [0.5, 0.6) is 17.2 Å². The maximum atomic E-state index is 5.96. The highest BCUT2D eigenvalue weighted by Crippen LogP contribution is 2.41. The Labute approximate surface area is 161 Å². The number of benzene rings is 1. The molecule has 3 aromatic rings. The van der Waals surface area contributed by atoms with Gasteiger partial charge in [0.2, 0.25) is 11.7 Å². The molecule has 8 nitrogen and oxygen atoms in total.